The largest absolute Gasteiger partial charge is 0.351 e. The summed E-state index contributed by atoms with van der Waals surface area (Å²) in [7, 11) is 0. The van der Waals surface area contributed by atoms with Gasteiger partial charge in [0.15, 0.2) is 0 Å². The van der Waals surface area contributed by atoms with Gasteiger partial charge in [-0.2, -0.15) is 5.10 Å². The number of nitrogens with zero attached hydrogens (tertiary/aromatic N) is 3. The fourth-order valence-corrected chi connectivity index (χ4v) is 3.01. The van der Waals surface area contributed by atoms with Gasteiger partial charge in [0.05, 0.1) is 18.8 Å². The third-order valence-corrected chi connectivity index (χ3v) is 4.48. The number of carbonyl (C=O) groups excluding carboxylic acids is 1. The summed E-state index contributed by atoms with van der Waals surface area (Å²) in [4.78, 5) is 14.4. The van der Waals surface area contributed by atoms with Crippen LogP contribution in [-0.2, 0) is 17.9 Å². The van der Waals surface area contributed by atoms with Crippen molar-refractivity contribution in [3.05, 3.63) is 65.0 Å². The molecule has 0 aliphatic rings. The highest BCUT2D eigenvalue weighted by Gasteiger charge is 2.14. The van der Waals surface area contributed by atoms with Crippen molar-refractivity contribution in [2.45, 2.75) is 40.8 Å². The third-order valence-electron chi connectivity index (χ3n) is 4.48. The Morgan fingerprint density at radius 2 is 1.92 bits per heavy atom. The van der Waals surface area contributed by atoms with E-state index in [1.807, 2.05) is 36.7 Å². The fourth-order valence-electron chi connectivity index (χ4n) is 3.01. The van der Waals surface area contributed by atoms with E-state index in [-0.39, 0.29) is 5.91 Å². The summed E-state index contributed by atoms with van der Waals surface area (Å²) < 4.78 is 2.01. The quantitative estimate of drug-likeness (QED) is 0.704. The lowest BCUT2D eigenvalue weighted by molar-refractivity contribution is -0.122. The summed E-state index contributed by atoms with van der Waals surface area (Å²) in [6, 6.07) is 10.3. The Hall–Kier alpha value is -2.40. The van der Waals surface area contributed by atoms with Crippen LogP contribution in [0.15, 0.2) is 42.5 Å². The highest BCUT2D eigenvalue weighted by atomic mass is 16.2. The molecule has 0 aliphatic carbocycles. The second-order valence-electron chi connectivity index (χ2n) is 6.83. The van der Waals surface area contributed by atoms with Crippen molar-refractivity contribution in [2.75, 3.05) is 19.6 Å². The van der Waals surface area contributed by atoms with Gasteiger partial charge in [-0.3, -0.25) is 14.4 Å². The molecule has 1 heterocycles. The molecule has 1 amide bonds. The van der Waals surface area contributed by atoms with Crippen molar-refractivity contribution in [3.8, 4) is 0 Å². The maximum atomic E-state index is 12.3. The molecular weight excluding hydrogens is 324 g/mol. The molecule has 2 rings (SSSR count). The first-order chi connectivity index (χ1) is 12.4. The molecule has 2 aromatic rings. The summed E-state index contributed by atoms with van der Waals surface area (Å²) in [5.41, 5.74) is 5.44. The first-order valence-electron chi connectivity index (χ1n) is 9.11. The molecule has 1 aromatic heterocycles. The van der Waals surface area contributed by atoms with Gasteiger partial charge in [0.25, 0.3) is 0 Å². The van der Waals surface area contributed by atoms with E-state index < -0.39 is 0 Å². The highest BCUT2D eigenvalue weighted by molar-refractivity contribution is 5.78. The molecule has 0 atom stereocenters. The lowest BCUT2D eigenvalue weighted by atomic mass is 10.2. The molecule has 0 aliphatic heterocycles. The van der Waals surface area contributed by atoms with Crippen molar-refractivity contribution in [1.29, 1.82) is 0 Å². The maximum Gasteiger partial charge on any atom is 0.234 e. The molecule has 0 bridgehead atoms. The zero-order chi connectivity index (χ0) is 19.1. The Morgan fingerprint density at radius 3 is 2.54 bits per heavy atom. The van der Waals surface area contributed by atoms with E-state index in [4.69, 9.17) is 0 Å². The van der Waals surface area contributed by atoms with Gasteiger partial charge in [0.2, 0.25) is 5.91 Å². The average molecular weight is 354 g/mol. The zero-order valence-electron chi connectivity index (χ0n) is 16.4. The van der Waals surface area contributed by atoms with E-state index in [0.717, 1.165) is 42.2 Å². The van der Waals surface area contributed by atoms with Crippen LogP contribution in [0, 0.1) is 13.8 Å². The van der Waals surface area contributed by atoms with Gasteiger partial charge >= 0.3 is 0 Å². The molecule has 0 radical (unpaired) electrons. The molecule has 140 valence electrons. The predicted molar refractivity (Wildman–Crippen MR) is 106 cm³/mol. The van der Waals surface area contributed by atoms with Crippen LogP contribution >= 0.6 is 0 Å². The Balaban J connectivity index is 1.97. The van der Waals surface area contributed by atoms with Gasteiger partial charge in [0, 0.05) is 24.3 Å². The van der Waals surface area contributed by atoms with Crippen molar-refractivity contribution < 1.29 is 4.79 Å². The number of benzene rings is 1. The van der Waals surface area contributed by atoms with Crippen LogP contribution in [0.25, 0.3) is 0 Å². The normalized spacial score (nSPS) is 11.0. The average Bonchev–Trinajstić information content (AvgIpc) is 2.86. The number of amides is 1. The summed E-state index contributed by atoms with van der Waals surface area (Å²) in [5.74, 6) is 0.0303. The summed E-state index contributed by atoms with van der Waals surface area (Å²) in [6.07, 6.45) is 0. The predicted octanol–water partition coefficient (Wildman–Crippen LogP) is 3.06. The lowest BCUT2D eigenvalue weighted by Crippen LogP contribution is -2.37. The minimum atomic E-state index is 0.0303. The topological polar surface area (TPSA) is 50.2 Å². The Bertz CT molecular complexity index is 749. The first-order valence-corrected chi connectivity index (χ1v) is 9.11. The van der Waals surface area contributed by atoms with Crippen molar-refractivity contribution >= 4 is 5.91 Å². The summed E-state index contributed by atoms with van der Waals surface area (Å²) in [5, 5.41) is 7.68. The molecule has 5 heteroatoms. The van der Waals surface area contributed by atoms with Crippen LogP contribution in [0.4, 0.5) is 0 Å². The molecular formula is C21H30N4O. The molecule has 0 fully saturated rings. The summed E-state index contributed by atoms with van der Waals surface area (Å²) in [6.45, 7) is 15.2. The SMILES string of the molecule is C=C(C)CN(CC)CC(=O)NCc1c(C)nn(Cc2ccccc2)c1C. The van der Waals surface area contributed by atoms with Gasteiger partial charge < -0.3 is 5.32 Å². The Morgan fingerprint density at radius 1 is 1.23 bits per heavy atom. The lowest BCUT2D eigenvalue weighted by Gasteiger charge is -2.19. The molecule has 0 saturated heterocycles. The number of likely N-dealkylation sites (N-methyl/N-ethyl adjacent to an activating group) is 1. The van der Waals surface area contributed by atoms with Crippen LogP contribution in [0.1, 0.15) is 36.4 Å². The minimum Gasteiger partial charge on any atom is -0.351 e. The van der Waals surface area contributed by atoms with E-state index in [2.05, 4.69) is 47.9 Å². The number of carbonyl (C=O) groups is 1. The number of hydrogen-bond acceptors (Lipinski definition) is 3. The second kappa shape index (κ2) is 9.34. The molecule has 1 aromatic carbocycles. The van der Waals surface area contributed by atoms with E-state index in [0.29, 0.717) is 13.1 Å². The van der Waals surface area contributed by atoms with E-state index >= 15 is 0 Å². The molecule has 1 N–H and O–H groups in total. The molecule has 26 heavy (non-hydrogen) atoms. The van der Waals surface area contributed by atoms with E-state index in [1.54, 1.807) is 0 Å². The van der Waals surface area contributed by atoms with Crippen molar-refractivity contribution in [1.82, 2.24) is 20.0 Å². The van der Waals surface area contributed by atoms with Gasteiger partial charge in [-0.15, -0.1) is 0 Å². The number of nitrogens with one attached hydrogen (secondary N) is 1. The van der Waals surface area contributed by atoms with Crippen molar-refractivity contribution in [3.63, 3.8) is 0 Å². The van der Waals surface area contributed by atoms with E-state index in [9.17, 15) is 4.79 Å². The summed E-state index contributed by atoms with van der Waals surface area (Å²) >= 11 is 0. The molecule has 5 nitrogen and oxygen atoms in total. The standard InChI is InChI=1S/C21H30N4O/c1-6-24(13-16(2)3)15-21(26)22-12-20-17(4)23-25(18(20)5)14-19-10-8-7-9-11-19/h7-11H,2,6,12-15H2,1,3-5H3,(H,22,26). The first kappa shape index (κ1) is 19.9. The minimum absolute atomic E-state index is 0.0303. The van der Waals surface area contributed by atoms with Gasteiger partial charge in [-0.25, -0.2) is 0 Å². The van der Waals surface area contributed by atoms with Crippen LogP contribution in [0.2, 0.25) is 0 Å². The zero-order valence-corrected chi connectivity index (χ0v) is 16.4. The number of aromatic nitrogens is 2. The van der Waals surface area contributed by atoms with Crippen LogP contribution in [0.3, 0.4) is 0 Å². The smallest absolute Gasteiger partial charge is 0.234 e. The van der Waals surface area contributed by atoms with Crippen molar-refractivity contribution in [2.24, 2.45) is 0 Å². The van der Waals surface area contributed by atoms with Gasteiger partial charge in [-0.05, 0) is 32.9 Å². The number of aryl methyl sites for hydroxylation is 1. The van der Waals surface area contributed by atoms with Crippen LogP contribution in [0.5, 0.6) is 0 Å². The van der Waals surface area contributed by atoms with E-state index in [1.165, 1.54) is 5.56 Å². The second-order valence-corrected chi connectivity index (χ2v) is 6.83. The molecule has 0 spiro atoms. The molecule has 0 unspecified atom stereocenters. The van der Waals surface area contributed by atoms with Crippen LogP contribution in [-0.4, -0.2) is 40.2 Å². The number of rotatable bonds is 9. The fraction of sp³-hybridized carbons (Fsp3) is 0.429. The van der Waals surface area contributed by atoms with Crippen LogP contribution < -0.4 is 5.32 Å². The van der Waals surface area contributed by atoms with Gasteiger partial charge in [-0.1, -0.05) is 49.4 Å². The Labute approximate surface area is 156 Å². The monoisotopic (exact) mass is 354 g/mol. The highest BCUT2D eigenvalue weighted by Crippen LogP contribution is 2.14. The maximum absolute atomic E-state index is 12.3. The number of hydrogen-bond donors (Lipinski definition) is 1. The molecule has 0 saturated carbocycles. The van der Waals surface area contributed by atoms with Gasteiger partial charge in [0.1, 0.15) is 0 Å². The third kappa shape index (κ3) is 5.56. The Kier molecular flexibility index (Phi) is 7.16.